The Morgan fingerprint density at radius 3 is 2.86 bits per heavy atom. The number of carbonyl (C=O) groups excluding carboxylic acids is 1. The Morgan fingerprint density at radius 1 is 1.45 bits per heavy atom. The molecule has 0 saturated heterocycles. The van der Waals surface area contributed by atoms with Gasteiger partial charge in [-0.1, -0.05) is 0 Å². The number of aryl methyl sites for hydroxylation is 2. The van der Waals surface area contributed by atoms with Crippen LogP contribution in [0.4, 0.5) is 0 Å². The smallest absolute Gasteiger partial charge is 0.220 e. The summed E-state index contributed by atoms with van der Waals surface area (Å²) in [7, 11) is 1.93. The summed E-state index contributed by atoms with van der Waals surface area (Å²) in [6.07, 6.45) is 3.27. The summed E-state index contributed by atoms with van der Waals surface area (Å²) in [6, 6.07) is 0. The minimum atomic E-state index is 0.0575. The SMILES string of the molecule is CSCc1nc(CNC(=O)CCc2c(C)nn(C)c2C)cs1. The van der Waals surface area contributed by atoms with Gasteiger partial charge < -0.3 is 5.32 Å². The second-order valence-electron chi connectivity index (χ2n) is 5.22. The van der Waals surface area contributed by atoms with Crippen LogP contribution >= 0.6 is 23.1 Å². The number of hydrogen-bond donors (Lipinski definition) is 1. The number of thiazole rings is 1. The van der Waals surface area contributed by atoms with Crippen molar-refractivity contribution < 1.29 is 4.79 Å². The van der Waals surface area contributed by atoms with Crippen LogP contribution in [-0.2, 0) is 30.6 Å². The largest absolute Gasteiger partial charge is 0.350 e. The zero-order valence-electron chi connectivity index (χ0n) is 13.5. The van der Waals surface area contributed by atoms with Crippen molar-refractivity contribution in [1.82, 2.24) is 20.1 Å². The van der Waals surface area contributed by atoms with E-state index in [0.717, 1.165) is 34.3 Å². The molecule has 1 N–H and O–H groups in total. The predicted molar refractivity (Wildman–Crippen MR) is 92.2 cm³/mol. The Hall–Kier alpha value is -1.34. The normalized spacial score (nSPS) is 10.9. The van der Waals surface area contributed by atoms with Gasteiger partial charge in [0.05, 0.1) is 17.9 Å². The van der Waals surface area contributed by atoms with Crippen molar-refractivity contribution in [1.29, 1.82) is 0 Å². The van der Waals surface area contributed by atoms with Crippen molar-refractivity contribution in [2.75, 3.05) is 6.26 Å². The third kappa shape index (κ3) is 4.33. The van der Waals surface area contributed by atoms with E-state index in [2.05, 4.69) is 21.7 Å². The van der Waals surface area contributed by atoms with Crippen LogP contribution in [0.2, 0.25) is 0 Å². The number of thioether (sulfide) groups is 1. The summed E-state index contributed by atoms with van der Waals surface area (Å²) in [6.45, 7) is 4.54. The highest BCUT2D eigenvalue weighted by atomic mass is 32.2. The number of aromatic nitrogens is 3. The van der Waals surface area contributed by atoms with E-state index >= 15 is 0 Å². The van der Waals surface area contributed by atoms with Crippen LogP contribution in [0.15, 0.2) is 5.38 Å². The number of carbonyl (C=O) groups is 1. The lowest BCUT2D eigenvalue weighted by Crippen LogP contribution is -2.23. The van der Waals surface area contributed by atoms with Crippen LogP contribution in [0.5, 0.6) is 0 Å². The minimum Gasteiger partial charge on any atom is -0.350 e. The number of nitrogens with one attached hydrogen (secondary N) is 1. The molecule has 0 radical (unpaired) electrons. The van der Waals surface area contributed by atoms with E-state index in [-0.39, 0.29) is 5.91 Å². The Labute approximate surface area is 139 Å². The van der Waals surface area contributed by atoms with Gasteiger partial charge in [-0.05, 0) is 32.1 Å². The zero-order chi connectivity index (χ0) is 16.1. The van der Waals surface area contributed by atoms with Crippen LogP contribution in [0.25, 0.3) is 0 Å². The number of rotatable bonds is 7. The van der Waals surface area contributed by atoms with Gasteiger partial charge in [-0.3, -0.25) is 9.48 Å². The van der Waals surface area contributed by atoms with Gasteiger partial charge in [0.2, 0.25) is 5.91 Å². The van der Waals surface area contributed by atoms with E-state index in [1.165, 1.54) is 5.56 Å². The molecule has 0 saturated carbocycles. The number of amides is 1. The first kappa shape index (κ1) is 17.0. The summed E-state index contributed by atoms with van der Waals surface area (Å²) in [5.74, 6) is 0.986. The molecule has 2 aromatic rings. The minimum absolute atomic E-state index is 0.0575. The van der Waals surface area contributed by atoms with E-state index in [4.69, 9.17) is 0 Å². The lowest BCUT2D eigenvalue weighted by Gasteiger charge is -2.04. The lowest BCUT2D eigenvalue weighted by atomic mass is 10.1. The summed E-state index contributed by atoms with van der Waals surface area (Å²) in [5, 5.41) is 10.4. The van der Waals surface area contributed by atoms with Gasteiger partial charge in [-0.2, -0.15) is 16.9 Å². The maximum Gasteiger partial charge on any atom is 0.220 e. The molecule has 22 heavy (non-hydrogen) atoms. The van der Waals surface area contributed by atoms with Gasteiger partial charge in [0.1, 0.15) is 5.01 Å². The molecular formula is C15H22N4OS2. The fourth-order valence-electron chi connectivity index (χ4n) is 2.32. The number of nitrogens with zero attached hydrogens (tertiary/aromatic N) is 3. The third-order valence-corrected chi connectivity index (χ3v) is 5.24. The molecule has 0 unspecified atom stereocenters. The molecule has 0 aromatic carbocycles. The predicted octanol–water partition coefficient (Wildman–Crippen LogP) is 2.61. The Bertz CT molecular complexity index is 648. The molecule has 7 heteroatoms. The average Bonchev–Trinajstić information content (AvgIpc) is 3.01. The van der Waals surface area contributed by atoms with Gasteiger partial charge in [0, 0.05) is 30.3 Å². The van der Waals surface area contributed by atoms with Crippen LogP contribution in [-0.4, -0.2) is 26.9 Å². The van der Waals surface area contributed by atoms with E-state index in [9.17, 15) is 4.79 Å². The van der Waals surface area contributed by atoms with Gasteiger partial charge in [0.25, 0.3) is 0 Å². The van der Waals surface area contributed by atoms with Crippen molar-refractivity contribution >= 4 is 29.0 Å². The Morgan fingerprint density at radius 2 is 2.23 bits per heavy atom. The maximum absolute atomic E-state index is 12.0. The molecule has 0 atom stereocenters. The average molecular weight is 339 g/mol. The quantitative estimate of drug-likeness (QED) is 0.843. The van der Waals surface area contributed by atoms with Crippen molar-refractivity contribution in [3.8, 4) is 0 Å². The summed E-state index contributed by atoms with van der Waals surface area (Å²) >= 11 is 3.40. The molecule has 0 fully saturated rings. The highest BCUT2D eigenvalue weighted by Crippen LogP contribution is 2.15. The van der Waals surface area contributed by atoms with Crippen LogP contribution in [0.1, 0.15) is 34.1 Å². The topological polar surface area (TPSA) is 59.8 Å². The van der Waals surface area contributed by atoms with Gasteiger partial charge in [-0.25, -0.2) is 4.98 Å². The fourth-order valence-corrected chi connectivity index (χ4v) is 3.83. The molecule has 120 valence electrons. The molecule has 0 aliphatic rings. The second-order valence-corrected chi connectivity index (χ2v) is 7.02. The van der Waals surface area contributed by atoms with E-state index in [0.29, 0.717) is 13.0 Å². The van der Waals surface area contributed by atoms with Crippen LogP contribution in [0, 0.1) is 13.8 Å². The van der Waals surface area contributed by atoms with E-state index in [1.807, 2.05) is 31.0 Å². The number of hydrogen-bond acceptors (Lipinski definition) is 5. The summed E-state index contributed by atoms with van der Waals surface area (Å²) < 4.78 is 1.87. The van der Waals surface area contributed by atoms with Crippen molar-refractivity contribution in [2.45, 2.75) is 39.0 Å². The highest BCUT2D eigenvalue weighted by Gasteiger charge is 2.11. The summed E-state index contributed by atoms with van der Waals surface area (Å²) in [5.41, 5.74) is 4.25. The summed E-state index contributed by atoms with van der Waals surface area (Å²) in [4.78, 5) is 16.5. The van der Waals surface area contributed by atoms with Crippen LogP contribution < -0.4 is 5.32 Å². The standard InChI is InChI=1S/C15H22N4OS2/c1-10-13(11(2)19(3)18-10)5-6-14(20)16-7-12-8-22-15(17-12)9-21-4/h8H,5-7,9H2,1-4H3,(H,16,20). The molecule has 0 bridgehead atoms. The fraction of sp³-hybridized carbons (Fsp3) is 0.533. The molecule has 2 heterocycles. The van der Waals surface area contributed by atoms with Crippen molar-refractivity contribution in [2.24, 2.45) is 7.05 Å². The first-order valence-electron chi connectivity index (χ1n) is 7.19. The Kier molecular flexibility index (Phi) is 6.02. The molecule has 0 aliphatic heterocycles. The molecular weight excluding hydrogens is 316 g/mol. The molecule has 5 nitrogen and oxygen atoms in total. The van der Waals surface area contributed by atoms with E-state index in [1.54, 1.807) is 23.1 Å². The van der Waals surface area contributed by atoms with Crippen molar-refractivity contribution in [3.63, 3.8) is 0 Å². The molecule has 0 spiro atoms. The lowest BCUT2D eigenvalue weighted by molar-refractivity contribution is -0.121. The monoisotopic (exact) mass is 338 g/mol. The van der Waals surface area contributed by atoms with E-state index < -0.39 is 0 Å². The molecule has 0 aliphatic carbocycles. The highest BCUT2D eigenvalue weighted by molar-refractivity contribution is 7.97. The van der Waals surface area contributed by atoms with Gasteiger partial charge in [-0.15, -0.1) is 11.3 Å². The second kappa shape index (κ2) is 7.78. The van der Waals surface area contributed by atoms with Crippen LogP contribution in [0.3, 0.4) is 0 Å². The van der Waals surface area contributed by atoms with Gasteiger partial charge >= 0.3 is 0 Å². The van der Waals surface area contributed by atoms with Gasteiger partial charge in [0.15, 0.2) is 0 Å². The van der Waals surface area contributed by atoms with Crippen molar-refractivity contribution in [3.05, 3.63) is 33.0 Å². The molecule has 1 amide bonds. The maximum atomic E-state index is 12.0. The molecule has 2 rings (SSSR count). The molecule has 2 aromatic heterocycles. The first-order valence-corrected chi connectivity index (χ1v) is 9.46. The third-order valence-electron chi connectivity index (χ3n) is 3.59. The first-order chi connectivity index (χ1) is 10.5. The zero-order valence-corrected chi connectivity index (χ0v) is 15.1. The Balaban J connectivity index is 1.80.